The zero-order valence-corrected chi connectivity index (χ0v) is 11.2. The normalized spacial score (nSPS) is 10.1. The van der Waals surface area contributed by atoms with E-state index >= 15 is 0 Å². The number of hydrogen-bond donors (Lipinski definition) is 2. The lowest BCUT2D eigenvalue weighted by Gasteiger charge is -2.08. The van der Waals surface area contributed by atoms with Crippen molar-refractivity contribution in [3.8, 4) is 0 Å². The number of benzene rings is 1. The van der Waals surface area contributed by atoms with Gasteiger partial charge in [-0.15, -0.1) is 0 Å². The van der Waals surface area contributed by atoms with E-state index < -0.39 is 0 Å². The van der Waals surface area contributed by atoms with E-state index in [4.69, 9.17) is 5.73 Å². The SMILES string of the molecule is Cc1c(N)cccc1C(=O)Nc1cnc(Br)cn1. The number of anilines is 2. The molecule has 1 heterocycles. The number of amides is 1. The minimum Gasteiger partial charge on any atom is -0.398 e. The van der Waals surface area contributed by atoms with Gasteiger partial charge in [-0.25, -0.2) is 9.97 Å². The summed E-state index contributed by atoms with van der Waals surface area (Å²) in [7, 11) is 0. The Balaban J connectivity index is 2.22. The molecular formula is C12H11BrN4O. The van der Waals surface area contributed by atoms with Gasteiger partial charge in [0, 0.05) is 11.3 Å². The molecule has 6 heteroatoms. The van der Waals surface area contributed by atoms with E-state index in [9.17, 15) is 4.79 Å². The third kappa shape index (κ3) is 2.65. The number of nitrogens with two attached hydrogens (primary N) is 1. The monoisotopic (exact) mass is 306 g/mol. The zero-order valence-electron chi connectivity index (χ0n) is 9.64. The molecule has 92 valence electrons. The first kappa shape index (κ1) is 12.5. The summed E-state index contributed by atoms with van der Waals surface area (Å²) in [6.07, 6.45) is 2.99. The average molecular weight is 307 g/mol. The van der Waals surface area contributed by atoms with Crippen LogP contribution in [-0.4, -0.2) is 15.9 Å². The number of nitrogen functional groups attached to an aromatic ring is 1. The van der Waals surface area contributed by atoms with Gasteiger partial charge >= 0.3 is 0 Å². The number of hydrogen-bond acceptors (Lipinski definition) is 4. The molecule has 1 amide bonds. The van der Waals surface area contributed by atoms with E-state index in [1.54, 1.807) is 25.1 Å². The minimum absolute atomic E-state index is 0.253. The fraction of sp³-hybridized carbons (Fsp3) is 0.0833. The molecule has 0 atom stereocenters. The highest BCUT2D eigenvalue weighted by molar-refractivity contribution is 9.10. The molecule has 0 saturated carbocycles. The highest BCUT2D eigenvalue weighted by atomic mass is 79.9. The topological polar surface area (TPSA) is 80.9 Å². The Bertz CT molecular complexity index is 583. The van der Waals surface area contributed by atoms with Crippen molar-refractivity contribution >= 4 is 33.3 Å². The number of halogens is 1. The molecule has 0 fully saturated rings. The first-order valence-electron chi connectivity index (χ1n) is 5.22. The highest BCUT2D eigenvalue weighted by Crippen LogP contribution is 2.16. The number of nitrogens with one attached hydrogen (secondary N) is 1. The molecule has 0 aliphatic rings. The highest BCUT2D eigenvalue weighted by Gasteiger charge is 2.11. The summed E-state index contributed by atoms with van der Waals surface area (Å²) in [5.74, 6) is 0.140. The van der Waals surface area contributed by atoms with Gasteiger partial charge < -0.3 is 11.1 Å². The first-order valence-corrected chi connectivity index (χ1v) is 6.01. The van der Waals surface area contributed by atoms with Gasteiger partial charge in [-0.3, -0.25) is 4.79 Å². The molecule has 0 radical (unpaired) electrons. The van der Waals surface area contributed by atoms with Crippen molar-refractivity contribution in [3.05, 3.63) is 46.3 Å². The molecule has 2 aromatic rings. The predicted molar refractivity (Wildman–Crippen MR) is 73.3 cm³/mol. The van der Waals surface area contributed by atoms with Crippen LogP contribution < -0.4 is 11.1 Å². The van der Waals surface area contributed by atoms with Crippen molar-refractivity contribution in [3.63, 3.8) is 0 Å². The summed E-state index contributed by atoms with van der Waals surface area (Å²) in [5.41, 5.74) is 7.62. The molecule has 1 aromatic carbocycles. The Morgan fingerprint density at radius 2 is 2.11 bits per heavy atom. The molecule has 0 aliphatic carbocycles. The summed E-state index contributed by atoms with van der Waals surface area (Å²) in [4.78, 5) is 20.0. The van der Waals surface area contributed by atoms with Crippen LogP contribution in [0.4, 0.5) is 11.5 Å². The molecule has 0 spiro atoms. The van der Waals surface area contributed by atoms with E-state index in [-0.39, 0.29) is 5.91 Å². The first-order chi connectivity index (χ1) is 8.58. The molecule has 18 heavy (non-hydrogen) atoms. The maximum Gasteiger partial charge on any atom is 0.257 e. The Hall–Kier alpha value is -1.95. The van der Waals surface area contributed by atoms with Gasteiger partial charge in [-0.1, -0.05) is 6.07 Å². The Morgan fingerprint density at radius 1 is 1.33 bits per heavy atom. The van der Waals surface area contributed by atoms with Crippen LogP contribution in [0.3, 0.4) is 0 Å². The van der Waals surface area contributed by atoms with Crippen molar-refractivity contribution in [2.24, 2.45) is 0 Å². The van der Waals surface area contributed by atoms with Crippen molar-refractivity contribution in [2.75, 3.05) is 11.1 Å². The molecule has 0 saturated heterocycles. The molecular weight excluding hydrogens is 296 g/mol. The van der Waals surface area contributed by atoms with Crippen molar-refractivity contribution in [1.29, 1.82) is 0 Å². The third-order valence-electron chi connectivity index (χ3n) is 2.48. The Kier molecular flexibility index (Phi) is 3.57. The second-order valence-electron chi connectivity index (χ2n) is 3.70. The molecule has 5 nitrogen and oxygen atoms in total. The van der Waals surface area contributed by atoms with Crippen LogP contribution >= 0.6 is 15.9 Å². The van der Waals surface area contributed by atoms with Crippen molar-refractivity contribution in [1.82, 2.24) is 9.97 Å². The number of aromatic nitrogens is 2. The fourth-order valence-corrected chi connectivity index (χ4v) is 1.66. The summed E-state index contributed by atoms with van der Waals surface area (Å²) in [6.45, 7) is 1.80. The largest absolute Gasteiger partial charge is 0.398 e. The number of carbonyl (C=O) groups is 1. The van der Waals surface area contributed by atoms with E-state index in [1.807, 2.05) is 0 Å². The van der Waals surface area contributed by atoms with Crippen LogP contribution in [0.5, 0.6) is 0 Å². The summed E-state index contributed by atoms with van der Waals surface area (Å²) >= 11 is 3.17. The average Bonchev–Trinajstić information content (AvgIpc) is 2.35. The standard InChI is InChI=1S/C12H11BrN4O/c1-7-8(3-2-4-9(7)14)12(18)17-11-6-15-10(13)5-16-11/h2-6H,14H2,1H3,(H,16,17,18). The van der Waals surface area contributed by atoms with E-state index in [0.717, 1.165) is 5.56 Å². The van der Waals surface area contributed by atoms with Gasteiger partial charge in [-0.05, 0) is 40.5 Å². The van der Waals surface area contributed by atoms with Gasteiger partial charge in [0.15, 0.2) is 5.82 Å². The lowest BCUT2D eigenvalue weighted by molar-refractivity contribution is 0.102. The van der Waals surface area contributed by atoms with Crippen LogP contribution in [0.1, 0.15) is 15.9 Å². The van der Waals surface area contributed by atoms with E-state index in [1.165, 1.54) is 12.4 Å². The molecule has 0 aliphatic heterocycles. The van der Waals surface area contributed by atoms with Crippen LogP contribution in [0.25, 0.3) is 0 Å². The second-order valence-corrected chi connectivity index (χ2v) is 4.51. The van der Waals surface area contributed by atoms with Crippen molar-refractivity contribution in [2.45, 2.75) is 6.92 Å². The van der Waals surface area contributed by atoms with Crippen LogP contribution in [0.2, 0.25) is 0 Å². The summed E-state index contributed by atoms with van der Waals surface area (Å²) in [5, 5.41) is 2.66. The lowest BCUT2D eigenvalue weighted by Crippen LogP contribution is -2.15. The molecule has 1 aromatic heterocycles. The minimum atomic E-state index is -0.253. The molecule has 2 rings (SSSR count). The van der Waals surface area contributed by atoms with Gasteiger partial charge in [0.05, 0.1) is 12.4 Å². The molecule has 0 bridgehead atoms. The Labute approximate surface area is 113 Å². The maximum absolute atomic E-state index is 12.0. The predicted octanol–water partition coefficient (Wildman–Crippen LogP) is 2.38. The molecule has 0 unspecified atom stereocenters. The van der Waals surface area contributed by atoms with Crippen LogP contribution in [-0.2, 0) is 0 Å². The number of nitrogens with zero attached hydrogens (tertiary/aromatic N) is 2. The number of rotatable bonds is 2. The van der Waals surface area contributed by atoms with Gasteiger partial charge in [0.25, 0.3) is 5.91 Å². The fourth-order valence-electron chi connectivity index (χ4n) is 1.46. The van der Waals surface area contributed by atoms with Crippen LogP contribution in [0, 0.1) is 6.92 Å². The summed E-state index contributed by atoms with van der Waals surface area (Å²) in [6, 6.07) is 5.21. The zero-order chi connectivity index (χ0) is 13.1. The van der Waals surface area contributed by atoms with Crippen molar-refractivity contribution < 1.29 is 4.79 Å². The molecule has 3 N–H and O–H groups in total. The quantitative estimate of drug-likeness (QED) is 0.835. The number of carbonyl (C=O) groups excluding carboxylic acids is 1. The smallest absolute Gasteiger partial charge is 0.257 e. The van der Waals surface area contributed by atoms with Gasteiger partial charge in [0.2, 0.25) is 0 Å². The maximum atomic E-state index is 12.0. The van der Waals surface area contributed by atoms with E-state index in [0.29, 0.717) is 21.7 Å². The third-order valence-corrected chi connectivity index (χ3v) is 2.89. The van der Waals surface area contributed by atoms with Gasteiger partial charge in [-0.2, -0.15) is 0 Å². The Morgan fingerprint density at radius 3 is 2.78 bits per heavy atom. The van der Waals surface area contributed by atoms with Gasteiger partial charge in [0.1, 0.15) is 4.60 Å². The second kappa shape index (κ2) is 5.14. The lowest BCUT2D eigenvalue weighted by atomic mass is 10.1. The van der Waals surface area contributed by atoms with E-state index in [2.05, 4.69) is 31.2 Å². The summed E-state index contributed by atoms with van der Waals surface area (Å²) < 4.78 is 0.612. The van der Waals surface area contributed by atoms with Crippen LogP contribution in [0.15, 0.2) is 35.2 Å².